The molecule has 4 heteroatoms. The number of cyclic esters (lactones) is 1. The van der Waals surface area contributed by atoms with Crippen molar-refractivity contribution >= 4 is 6.09 Å². The molecule has 15 heavy (non-hydrogen) atoms. The summed E-state index contributed by atoms with van der Waals surface area (Å²) in [4.78, 5) is 12.8. The topological polar surface area (TPSA) is 49.8 Å². The van der Waals surface area contributed by atoms with Crippen molar-refractivity contribution in [2.75, 3.05) is 13.2 Å². The molecule has 0 bridgehead atoms. The standard InChI is InChI=1S/C11H13NO3/c13-10-7-12(11(14)15-8-10)6-9-4-2-1-3-5-9/h1-5,10,13H,6-8H2/t10-/m0/s1. The van der Waals surface area contributed by atoms with Gasteiger partial charge in [0.25, 0.3) is 0 Å². The molecule has 1 atom stereocenters. The summed E-state index contributed by atoms with van der Waals surface area (Å²) in [7, 11) is 0. The zero-order valence-corrected chi connectivity index (χ0v) is 8.30. The first-order chi connectivity index (χ1) is 7.25. The Kier molecular flexibility index (Phi) is 2.87. The van der Waals surface area contributed by atoms with Gasteiger partial charge in [0.1, 0.15) is 12.7 Å². The summed E-state index contributed by atoms with van der Waals surface area (Å²) in [5.74, 6) is 0. The van der Waals surface area contributed by atoms with Crippen LogP contribution in [-0.4, -0.2) is 35.4 Å². The van der Waals surface area contributed by atoms with Gasteiger partial charge in [0.2, 0.25) is 0 Å². The zero-order chi connectivity index (χ0) is 10.7. The average Bonchev–Trinajstić information content (AvgIpc) is 2.25. The number of ether oxygens (including phenoxy) is 1. The predicted octanol–water partition coefficient (Wildman–Crippen LogP) is 1.000. The Labute approximate surface area is 88.1 Å². The molecule has 0 aliphatic carbocycles. The van der Waals surface area contributed by atoms with Gasteiger partial charge < -0.3 is 14.7 Å². The van der Waals surface area contributed by atoms with Crippen LogP contribution in [0.4, 0.5) is 4.79 Å². The fourth-order valence-corrected chi connectivity index (χ4v) is 1.57. The van der Waals surface area contributed by atoms with Crippen molar-refractivity contribution in [3.05, 3.63) is 35.9 Å². The van der Waals surface area contributed by atoms with Gasteiger partial charge in [0, 0.05) is 6.54 Å². The number of aliphatic hydroxyl groups excluding tert-OH is 1. The molecular formula is C11H13NO3. The smallest absolute Gasteiger partial charge is 0.410 e. The van der Waals surface area contributed by atoms with E-state index in [0.717, 1.165) is 5.56 Å². The average molecular weight is 207 g/mol. The van der Waals surface area contributed by atoms with Gasteiger partial charge in [-0.15, -0.1) is 0 Å². The molecule has 1 aliphatic rings. The molecule has 0 aromatic heterocycles. The molecule has 1 saturated heterocycles. The van der Waals surface area contributed by atoms with Crippen molar-refractivity contribution in [3.8, 4) is 0 Å². The summed E-state index contributed by atoms with van der Waals surface area (Å²) in [6.07, 6.45) is -0.935. The fourth-order valence-electron chi connectivity index (χ4n) is 1.57. The van der Waals surface area contributed by atoms with Crippen LogP contribution in [0.1, 0.15) is 5.56 Å². The van der Waals surface area contributed by atoms with Gasteiger partial charge in [0.15, 0.2) is 0 Å². The van der Waals surface area contributed by atoms with E-state index in [0.29, 0.717) is 13.1 Å². The molecule has 1 heterocycles. The summed E-state index contributed by atoms with van der Waals surface area (Å²) in [6, 6.07) is 9.64. The molecule has 1 aromatic carbocycles. The van der Waals surface area contributed by atoms with Crippen LogP contribution in [0.25, 0.3) is 0 Å². The highest BCUT2D eigenvalue weighted by Crippen LogP contribution is 2.10. The number of β-amino-alcohol motifs (C(OH)–C–C–N with tert-alkyl or cyclic N) is 1. The number of hydrogen-bond donors (Lipinski definition) is 1. The van der Waals surface area contributed by atoms with Crippen LogP contribution < -0.4 is 0 Å². The molecule has 0 spiro atoms. The minimum absolute atomic E-state index is 0.101. The maximum absolute atomic E-state index is 11.3. The molecule has 1 aromatic rings. The van der Waals surface area contributed by atoms with Crippen molar-refractivity contribution in [1.29, 1.82) is 0 Å². The highest BCUT2D eigenvalue weighted by molar-refractivity contribution is 5.68. The van der Waals surface area contributed by atoms with Crippen LogP contribution in [-0.2, 0) is 11.3 Å². The summed E-state index contributed by atoms with van der Waals surface area (Å²) < 4.78 is 4.81. The number of aliphatic hydroxyl groups is 1. The first-order valence-corrected chi connectivity index (χ1v) is 4.89. The normalized spacial score (nSPS) is 21.3. The third kappa shape index (κ3) is 2.47. The first kappa shape index (κ1) is 9.98. The second kappa shape index (κ2) is 4.31. The molecule has 1 fully saturated rings. The van der Waals surface area contributed by atoms with E-state index < -0.39 is 6.10 Å². The molecule has 2 rings (SSSR count). The first-order valence-electron chi connectivity index (χ1n) is 4.89. The Morgan fingerprint density at radius 1 is 1.40 bits per heavy atom. The van der Waals surface area contributed by atoms with E-state index in [4.69, 9.17) is 4.74 Å². The number of nitrogens with zero attached hydrogens (tertiary/aromatic N) is 1. The highest BCUT2D eigenvalue weighted by atomic mass is 16.6. The summed E-state index contributed by atoms with van der Waals surface area (Å²) in [5.41, 5.74) is 1.03. The van der Waals surface area contributed by atoms with Gasteiger partial charge in [-0.05, 0) is 5.56 Å². The SMILES string of the molecule is O=C1OC[C@@H](O)CN1Cc1ccccc1. The number of carbonyl (C=O) groups is 1. The highest BCUT2D eigenvalue weighted by Gasteiger charge is 2.25. The van der Waals surface area contributed by atoms with Crippen molar-refractivity contribution in [3.63, 3.8) is 0 Å². The Balaban J connectivity index is 2.01. The molecule has 4 nitrogen and oxygen atoms in total. The third-order valence-electron chi connectivity index (χ3n) is 2.30. The molecule has 1 aliphatic heterocycles. The second-order valence-corrected chi connectivity index (χ2v) is 3.60. The Morgan fingerprint density at radius 3 is 2.87 bits per heavy atom. The van der Waals surface area contributed by atoms with Crippen LogP contribution >= 0.6 is 0 Å². The molecular weight excluding hydrogens is 194 g/mol. The summed E-state index contributed by atoms with van der Waals surface area (Å²) in [5, 5.41) is 9.36. The number of carbonyl (C=O) groups excluding carboxylic acids is 1. The van der Waals surface area contributed by atoms with E-state index >= 15 is 0 Å². The van der Waals surface area contributed by atoms with Crippen LogP contribution in [0.5, 0.6) is 0 Å². The van der Waals surface area contributed by atoms with Crippen molar-refractivity contribution in [1.82, 2.24) is 4.90 Å². The van der Waals surface area contributed by atoms with Crippen molar-refractivity contribution in [2.45, 2.75) is 12.6 Å². The lowest BCUT2D eigenvalue weighted by Gasteiger charge is -2.29. The minimum Gasteiger partial charge on any atom is -0.447 e. The molecule has 0 saturated carbocycles. The lowest BCUT2D eigenvalue weighted by atomic mass is 10.2. The molecule has 0 unspecified atom stereocenters. The maximum Gasteiger partial charge on any atom is 0.410 e. The Bertz CT molecular complexity index is 339. The van der Waals surface area contributed by atoms with Gasteiger partial charge in [-0.2, -0.15) is 0 Å². The lowest BCUT2D eigenvalue weighted by Crippen LogP contribution is -2.45. The van der Waals surface area contributed by atoms with Gasteiger partial charge >= 0.3 is 6.09 Å². The molecule has 0 radical (unpaired) electrons. The van der Waals surface area contributed by atoms with Crippen molar-refractivity contribution in [2.24, 2.45) is 0 Å². The zero-order valence-electron chi connectivity index (χ0n) is 8.30. The second-order valence-electron chi connectivity index (χ2n) is 3.60. The lowest BCUT2D eigenvalue weighted by molar-refractivity contribution is -0.00796. The fraction of sp³-hybridized carbons (Fsp3) is 0.364. The quantitative estimate of drug-likeness (QED) is 0.787. The Hall–Kier alpha value is -1.55. The minimum atomic E-state index is -0.577. The molecule has 1 N–H and O–H groups in total. The van der Waals surface area contributed by atoms with Crippen LogP contribution in [0, 0.1) is 0 Å². The van der Waals surface area contributed by atoms with E-state index in [1.807, 2.05) is 30.3 Å². The van der Waals surface area contributed by atoms with E-state index in [1.165, 1.54) is 4.90 Å². The largest absolute Gasteiger partial charge is 0.447 e. The number of benzene rings is 1. The third-order valence-corrected chi connectivity index (χ3v) is 2.30. The monoisotopic (exact) mass is 207 g/mol. The molecule has 1 amide bonds. The number of hydrogen-bond acceptors (Lipinski definition) is 3. The summed E-state index contributed by atoms with van der Waals surface area (Å²) in [6.45, 7) is 0.925. The van der Waals surface area contributed by atoms with Crippen LogP contribution in [0.3, 0.4) is 0 Å². The number of rotatable bonds is 2. The Morgan fingerprint density at radius 2 is 2.13 bits per heavy atom. The maximum atomic E-state index is 11.3. The summed E-state index contributed by atoms with van der Waals surface area (Å²) >= 11 is 0. The number of amides is 1. The van der Waals surface area contributed by atoms with Gasteiger partial charge in [-0.3, -0.25) is 0 Å². The van der Waals surface area contributed by atoms with Gasteiger partial charge in [0.05, 0.1) is 6.54 Å². The van der Waals surface area contributed by atoms with Gasteiger partial charge in [-0.25, -0.2) is 4.79 Å². The van der Waals surface area contributed by atoms with Crippen LogP contribution in [0.2, 0.25) is 0 Å². The van der Waals surface area contributed by atoms with E-state index in [2.05, 4.69) is 0 Å². The van der Waals surface area contributed by atoms with Crippen molar-refractivity contribution < 1.29 is 14.6 Å². The van der Waals surface area contributed by atoms with E-state index in [1.54, 1.807) is 0 Å². The predicted molar refractivity (Wildman–Crippen MR) is 54.2 cm³/mol. The molecule has 80 valence electrons. The van der Waals surface area contributed by atoms with Gasteiger partial charge in [-0.1, -0.05) is 30.3 Å². The van der Waals surface area contributed by atoms with Crippen LogP contribution in [0.15, 0.2) is 30.3 Å². The van der Waals surface area contributed by atoms with E-state index in [9.17, 15) is 9.90 Å². The van der Waals surface area contributed by atoms with E-state index in [-0.39, 0.29) is 12.7 Å².